The Morgan fingerprint density at radius 2 is 1.70 bits per heavy atom. The van der Waals surface area contributed by atoms with Gasteiger partial charge in [0, 0.05) is 16.8 Å². The molecule has 0 aliphatic carbocycles. The van der Waals surface area contributed by atoms with Crippen LogP contribution in [0.4, 0.5) is 10.1 Å². The zero-order chi connectivity index (χ0) is 14.7. The Morgan fingerprint density at radius 1 is 1.00 bits per heavy atom. The molecule has 2 aromatic carbocycles. The Hall–Kier alpha value is -2.56. The number of nitrogen functional groups attached to an aromatic ring is 1. The summed E-state index contributed by atoms with van der Waals surface area (Å²) < 4.78 is 23.5. The Balaban J connectivity index is 2.42. The van der Waals surface area contributed by atoms with Gasteiger partial charge in [-0.1, -0.05) is 0 Å². The molecule has 0 saturated carbocycles. The average molecular weight is 275 g/mol. The van der Waals surface area contributed by atoms with Crippen LogP contribution in [0.5, 0.6) is 11.5 Å². The van der Waals surface area contributed by atoms with E-state index in [4.69, 9.17) is 15.2 Å². The van der Waals surface area contributed by atoms with Crippen molar-refractivity contribution < 1.29 is 18.7 Å². The molecule has 5 heteroatoms. The van der Waals surface area contributed by atoms with E-state index in [2.05, 4.69) is 0 Å². The summed E-state index contributed by atoms with van der Waals surface area (Å²) in [6, 6.07) is 8.49. The molecule has 0 bridgehead atoms. The van der Waals surface area contributed by atoms with Crippen LogP contribution in [0.1, 0.15) is 15.9 Å². The van der Waals surface area contributed by atoms with Crippen molar-refractivity contribution >= 4 is 11.5 Å². The Bertz CT molecular complexity index is 635. The quantitative estimate of drug-likeness (QED) is 0.688. The summed E-state index contributed by atoms with van der Waals surface area (Å²) in [4.78, 5) is 12.3. The van der Waals surface area contributed by atoms with Crippen molar-refractivity contribution in [2.75, 3.05) is 20.0 Å². The highest BCUT2D eigenvalue weighted by molar-refractivity contribution is 6.09. The number of benzene rings is 2. The smallest absolute Gasteiger partial charge is 0.193 e. The third-order valence-electron chi connectivity index (χ3n) is 2.83. The highest BCUT2D eigenvalue weighted by atomic mass is 19.1. The standard InChI is InChI=1S/C15H14FNO3/c1-19-13-4-3-9(7-14(13)20-2)15(18)10-5-11(16)8-12(17)6-10/h3-8H,17H2,1-2H3. The van der Waals surface area contributed by atoms with E-state index in [0.29, 0.717) is 17.1 Å². The van der Waals surface area contributed by atoms with Gasteiger partial charge < -0.3 is 15.2 Å². The highest BCUT2D eigenvalue weighted by Gasteiger charge is 2.14. The van der Waals surface area contributed by atoms with Crippen LogP contribution in [0.2, 0.25) is 0 Å². The summed E-state index contributed by atoms with van der Waals surface area (Å²) in [5.41, 5.74) is 6.30. The lowest BCUT2D eigenvalue weighted by Gasteiger charge is -2.09. The summed E-state index contributed by atoms with van der Waals surface area (Å²) in [6.45, 7) is 0. The zero-order valence-electron chi connectivity index (χ0n) is 11.1. The van der Waals surface area contributed by atoms with Gasteiger partial charge in [0.15, 0.2) is 17.3 Å². The molecule has 2 rings (SSSR count). The van der Waals surface area contributed by atoms with Crippen molar-refractivity contribution in [1.82, 2.24) is 0 Å². The molecule has 0 spiro atoms. The van der Waals surface area contributed by atoms with Crippen LogP contribution < -0.4 is 15.2 Å². The van der Waals surface area contributed by atoms with E-state index in [1.165, 1.54) is 20.3 Å². The normalized spacial score (nSPS) is 10.2. The summed E-state index contributed by atoms with van der Waals surface area (Å²) in [5, 5.41) is 0. The van der Waals surface area contributed by atoms with Gasteiger partial charge in [-0.15, -0.1) is 0 Å². The van der Waals surface area contributed by atoms with Crippen LogP contribution >= 0.6 is 0 Å². The lowest BCUT2D eigenvalue weighted by Crippen LogP contribution is -2.04. The minimum Gasteiger partial charge on any atom is -0.493 e. The monoisotopic (exact) mass is 275 g/mol. The molecule has 0 amide bonds. The van der Waals surface area contributed by atoms with Crippen LogP contribution in [-0.4, -0.2) is 20.0 Å². The molecule has 0 aliphatic rings. The fourth-order valence-corrected chi connectivity index (χ4v) is 1.89. The number of carbonyl (C=O) groups is 1. The van der Waals surface area contributed by atoms with E-state index >= 15 is 0 Å². The number of hydrogen-bond donors (Lipinski definition) is 1. The van der Waals surface area contributed by atoms with Crippen LogP contribution in [-0.2, 0) is 0 Å². The lowest BCUT2D eigenvalue weighted by molar-refractivity contribution is 0.103. The first kappa shape index (κ1) is 13.9. The fourth-order valence-electron chi connectivity index (χ4n) is 1.89. The molecule has 2 aromatic rings. The van der Waals surface area contributed by atoms with Crippen molar-refractivity contribution in [3.05, 3.63) is 53.3 Å². The molecule has 0 saturated heterocycles. The minimum absolute atomic E-state index is 0.190. The SMILES string of the molecule is COc1ccc(C(=O)c2cc(N)cc(F)c2)cc1OC. The molecular formula is C15H14FNO3. The van der Waals surface area contributed by atoms with Crippen LogP contribution in [0.25, 0.3) is 0 Å². The van der Waals surface area contributed by atoms with E-state index in [1.54, 1.807) is 18.2 Å². The topological polar surface area (TPSA) is 61.5 Å². The Morgan fingerprint density at radius 3 is 2.30 bits per heavy atom. The third-order valence-corrected chi connectivity index (χ3v) is 2.83. The van der Waals surface area contributed by atoms with Crippen LogP contribution in [0.3, 0.4) is 0 Å². The number of hydrogen-bond acceptors (Lipinski definition) is 4. The maximum atomic E-state index is 13.3. The van der Waals surface area contributed by atoms with Crippen molar-refractivity contribution in [3.63, 3.8) is 0 Å². The molecule has 0 radical (unpaired) electrons. The number of ketones is 1. The predicted molar refractivity (Wildman–Crippen MR) is 73.8 cm³/mol. The second-order valence-corrected chi connectivity index (χ2v) is 4.17. The lowest BCUT2D eigenvalue weighted by atomic mass is 10.0. The molecular weight excluding hydrogens is 261 g/mol. The molecule has 0 atom stereocenters. The summed E-state index contributed by atoms with van der Waals surface area (Å²) in [5.74, 6) is 0.0662. The molecule has 104 valence electrons. The van der Waals surface area contributed by atoms with Crippen LogP contribution in [0, 0.1) is 5.82 Å². The first-order valence-electron chi connectivity index (χ1n) is 5.88. The number of halogens is 1. The first-order chi connectivity index (χ1) is 9.55. The van der Waals surface area contributed by atoms with E-state index in [9.17, 15) is 9.18 Å². The van der Waals surface area contributed by atoms with E-state index in [0.717, 1.165) is 12.1 Å². The second kappa shape index (κ2) is 5.61. The van der Waals surface area contributed by atoms with Crippen molar-refractivity contribution in [1.29, 1.82) is 0 Å². The average Bonchev–Trinajstić information content (AvgIpc) is 2.44. The maximum absolute atomic E-state index is 13.3. The molecule has 4 nitrogen and oxygen atoms in total. The van der Waals surface area contributed by atoms with Crippen molar-refractivity contribution in [2.24, 2.45) is 0 Å². The van der Waals surface area contributed by atoms with Gasteiger partial charge in [0.1, 0.15) is 5.82 Å². The molecule has 0 heterocycles. The van der Waals surface area contributed by atoms with E-state index < -0.39 is 5.82 Å². The minimum atomic E-state index is -0.547. The van der Waals surface area contributed by atoms with E-state index in [-0.39, 0.29) is 17.0 Å². The van der Waals surface area contributed by atoms with Gasteiger partial charge in [-0.3, -0.25) is 4.79 Å². The molecule has 0 aromatic heterocycles. The molecule has 0 unspecified atom stereocenters. The molecule has 2 N–H and O–H groups in total. The maximum Gasteiger partial charge on any atom is 0.193 e. The van der Waals surface area contributed by atoms with Crippen molar-refractivity contribution in [3.8, 4) is 11.5 Å². The number of carbonyl (C=O) groups excluding carboxylic acids is 1. The van der Waals surface area contributed by atoms with Crippen LogP contribution in [0.15, 0.2) is 36.4 Å². The third kappa shape index (κ3) is 2.71. The van der Waals surface area contributed by atoms with Crippen molar-refractivity contribution in [2.45, 2.75) is 0 Å². The number of nitrogens with two attached hydrogens (primary N) is 1. The van der Waals surface area contributed by atoms with Gasteiger partial charge in [0.05, 0.1) is 14.2 Å². The van der Waals surface area contributed by atoms with Gasteiger partial charge in [-0.2, -0.15) is 0 Å². The zero-order valence-corrected chi connectivity index (χ0v) is 11.1. The van der Waals surface area contributed by atoms with Gasteiger partial charge in [0.2, 0.25) is 0 Å². The number of ether oxygens (including phenoxy) is 2. The fraction of sp³-hybridized carbons (Fsp3) is 0.133. The largest absolute Gasteiger partial charge is 0.493 e. The number of methoxy groups -OCH3 is 2. The summed E-state index contributed by atoms with van der Waals surface area (Å²) >= 11 is 0. The van der Waals surface area contributed by atoms with Gasteiger partial charge >= 0.3 is 0 Å². The summed E-state index contributed by atoms with van der Waals surface area (Å²) in [7, 11) is 2.99. The van der Waals surface area contributed by atoms with Gasteiger partial charge in [-0.25, -0.2) is 4.39 Å². The first-order valence-corrected chi connectivity index (χ1v) is 5.88. The number of anilines is 1. The van der Waals surface area contributed by atoms with Gasteiger partial charge in [0.25, 0.3) is 0 Å². The molecule has 0 aliphatic heterocycles. The highest BCUT2D eigenvalue weighted by Crippen LogP contribution is 2.28. The van der Waals surface area contributed by atoms with E-state index in [1.807, 2.05) is 0 Å². The second-order valence-electron chi connectivity index (χ2n) is 4.17. The Labute approximate surface area is 115 Å². The summed E-state index contributed by atoms with van der Waals surface area (Å²) in [6.07, 6.45) is 0. The number of rotatable bonds is 4. The molecule has 20 heavy (non-hydrogen) atoms. The molecule has 0 fully saturated rings. The Kier molecular flexibility index (Phi) is 3.89. The van der Waals surface area contributed by atoms with Gasteiger partial charge in [-0.05, 0) is 36.4 Å². The predicted octanol–water partition coefficient (Wildman–Crippen LogP) is 2.66.